The number of carbonyl (C=O) groups is 1. The highest BCUT2D eigenvalue weighted by atomic mass is 35.5. The number of aromatic nitrogens is 2. The number of fused-ring (bicyclic) bond motifs is 1. The number of halogens is 4. The van der Waals surface area contributed by atoms with Crippen LogP contribution >= 0.6 is 11.6 Å². The predicted octanol–water partition coefficient (Wildman–Crippen LogP) is 5.47. The SMILES string of the molecule is Cc1ccc(NC(=O)C2CCN(c3ncc(C(F)(F)F)cc3Cl)CC2)c2cccnc12. The molecule has 4 rings (SSSR count). The quantitative estimate of drug-likeness (QED) is 0.577. The molecule has 0 radical (unpaired) electrons. The van der Waals surface area contributed by atoms with E-state index >= 15 is 0 Å². The average Bonchev–Trinajstić information content (AvgIpc) is 2.75. The van der Waals surface area contributed by atoms with E-state index in [9.17, 15) is 18.0 Å². The van der Waals surface area contributed by atoms with Gasteiger partial charge in [0.2, 0.25) is 5.91 Å². The number of piperidine rings is 1. The molecule has 0 saturated carbocycles. The minimum atomic E-state index is -4.49. The van der Waals surface area contributed by atoms with Crippen molar-refractivity contribution in [1.29, 1.82) is 0 Å². The normalized spacial score (nSPS) is 15.3. The third-order valence-corrected chi connectivity index (χ3v) is 5.82. The van der Waals surface area contributed by atoms with Crippen molar-refractivity contribution in [3.05, 3.63) is 58.9 Å². The maximum atomic E-state index is 12.8. The van der Waals surface area contributed by atoms with E-state index in [0.717, 1.165) is 28.7 Å². The number of anilines is 2. The molecule has 1 amide bonds. The molecule has 9 heteroatoms. The van der Waals surface area contributed by atoms with Gasteiger partial charge in [-0.15, -0.1) is 0 Å². The monoisotopic (exact) mass is 448 g/mol. The van der Waals surface area contributed by atoms with Gasteiger partial charge in [-0.05, 0) is 49.6 Å². The fourth-order valence-corrected chi connectivity index (χ4v) is 4.12. The summed E-state index contributed by atoms with van der Waals surface area (Å²) >= 11 is 6.05. The van der Waals surface area contributed by atoms with E-state index < -0.39 is 11.7 Å². The highest BCUT2D eigenvalue weighted by Crippen LogP contribution is 2.35. The van der Waals surface area contributed by atoms with Crippen molar-refractivity contribution in [1.82, 2.24) is 9.97 Å². The molecule has 31 heavy (non-hydrogen) atoms. The number of hydrogen-bond acceptors (Lipinski definition) is 4. The van der Waals surface area contributed by atoms with Gasteiger partial charge in [0.1, 0.15) is 5.82 Å². The molecule has 5 nitrogen and oxygen atoms in total. The summed E-state index contributed by atoms with van der Waals surface area (Å²) in [5, 5.41) is 3.85. The summed E-state index contributed by atoms with van der Waals surface area (Å²) in [5.41, 5.74) is 1.71. The predicted molar refractivity (Wildman–Crippen MR) is 114 cm³/mol. The first kappa shape index (κ1) is 21.4. The third kappa shape index (κ3) is 4.44. The maximum Gasteiger partial charge on any atom is 0.417 e. The molecule has 0 unspecified atom stereocenters. The molecule has 1 aromatic carbocycles. The van der Waals surface area contributed by atoms with E-state index in [0.29, 0.717) is 37.4 Å². The van der Waals surface area contributed by atoms with E-state index in [4.69, 9.17) is 11.6 Å². The van der Waals surface area contributed by atoms with E-state index in [1.165, 1.54) is 0 Å². The molecule has 3 aromatic rings. The van der Waals surface area contributed by atoms with Crippen LogP contribution in [0.15, 0.2) is 42.7 Å². The summed E-state index contributed by atoms with van der Waals surface area (Å²) in [6.07, 6.45) is -0.886. The topological polar surface area (TPSA) is 58.1 Å². The van der Waals surface area contributed by atoms with Crippen molar-refractivity contribution in [2.24, 2.45) is 5.92 Å². The Morgan fingerprint density at radius 1 is 1.19 bits per heavy atom. The van der Waals surface area contributed by atoms with Crippen molar-refractivity contribution in [3.8, 4) is 0 Å². The van der Waals surface area contributed by atoms with Crippen LogP contribution in [0.3, 0.4) is 0 Å². The molecular weight excluding hydrogens is 429 g/mol. The lowest BCUT2D eigenvalue weighted by Gasteiger charge is -2.32. The van der Waals surface area contributed by atoms with E-state index in [2.05, 4.69) is 15.3 Å². The van der Waals surface area contributed by atoms with Gasteiger partial charge < -0.3 is 10.2 Å². The number of carbonyl (C=O) groups excluding carboxylic acids is 1. The second-order valence-corrected chi connectivity index (χ2v) is 8.01. The van der Waals surface area contributed by atoms with Crippen LogP contribution in [0.1, 0.15) is 24.0 Å². The number of pyridine rings is 2. The minimum absolute atomic E-state index is 0.0450. The molecule has 3 heterocycles. The van der Waals surface area contributed by atoms with Crippen molar-refractivity contribution in [3.63, 3.8) is 0 Å². The van der Waals surface area contributed by atoms with Gasteiger partial charge in [0, 0.05) is 36.8 Å². The largest absolute Gasteiger partial charge is 0.417 e. The number of amides is 1. The Morgan fingerprint density at radius 3 is 2.61 bits per heavy atom. The van der Waals surface area contributed by atoms with E-state index in [-0.39, 0.29) is 16.8 Å². The zero-order chi connectivity index (χ0) is 22.2. The molecule has 0 bridgehead atoms. The Morgan fingerprint density at radius 2 is 1.94 bits per heavy atom. The molecule has 1 aliphatic rings. The number of benzene rings is 1. The van der Waals surface area contributed by atoms with Crippen LogP contribution in [-0.4, -0.2) is 29.0 Å². The summed E-state index contributed by atoms with van der Waals surface area (Å²) in [5.74, 6) is 0.0155. The van der Waals surface area contributed by atoms with E-state index in [1.54, 1.807) is 6.20 Å². The summed E-state index contributed by atoms with van der Waals surface area (Å²) < 4.78 is 38.5. The summed E-state index contributed by atoms with van der Waals surface area (Å²) in [6, 6.07) is 8.44. The van der Waals surface area contributed by atoms with Gasteiger partial charge >= 0.3 is 6.18 Å². The fourth-order valence-electron chi connectivity index (χ4n) is 3.83. The molecule has 1 fully saturated rings. The lowest BCUT2D eigenvalue weighted by Crippen LogP contribution is -2.38. The highest BCUT2D eigenvalue weighted by molar-refractivity contribution is 6.33. The molecule has 0 aliphatic carbocycles. The second kappa shape index (κ2) is 8.34. The lowest BCUT2D eigenvalue weighted by molar-refractivity contribution is -0.137. The first-order chi connectivity index (χ1) is 14.7. The lowest BCUT2D eigenvalue weighted by atomic mass is 9.95. The zero-order valence-corrected chi connectivity index (χ0v) is 17.5. The number of nitrogens with zero attached hydrogens (tertiary/aromatic N) is 3. The number of alkyl halides is 3. The van der Waals surface area contributed by atoms with Gasteiger partial charge in [-0.2, -0.15) is 13.2 Å². The fraction of sp³-hybridized carbons (Fsp3) is 0.318. The Labute approximate surface area is 182 Å². The smallest absolute Gasteiger partial charge is 0.355 e. The second-order valence-electron chi connectivity index (χ2n) is 7.61. The average molecular weight is 449 g/mol. The molecule has 162 valence electrons. The van der Waals surface area contributed by atoms with Crippen LogP contribution in [-0.2, 0) is 11.0 Å². The Hall–Kier alpha value is -2.87. The first-order valence-electron chi connectivity index (χ1n) is 9.87. The summed E-state index contributed by atoms with van der Waals surface area (Å²) in [4.78, 5) is 23.0. The van der Waals surface area contributed by atoms with Crippen LogP contribution < -0.4 is 10.2 Å². The standard InChI is InChI=1S/C22H20ClF3N4O/c1-13-4-5-18(16-3-2-8-27-19(13)16)29-21(31)14-6-9-30(10-7-14)20-17(23)11-15(12-28-20)22(24,25)26/h2-5,8,11-12,14H,6-7,9-10H2,1H3,(H,29,31). The van der Waals surface area contributed by atoms with Crippen LogP contribution in [0.5, 0.6) is 0 Å². The van der Waals surface area contributed by atoms with Crippen molar-refractivity contribution < 1.29 is 18.0 Å². The Kier molecular flexibility index (Phi) is 5.75. The number of nitrogens with one attached hydrogen (secondary N) is 1. The van der Waals surface area contributed by atoms with Gasteiger partial charge in [-0.1, -0.05) is 17.7 Å². The number of rotatable bonds is 3. The van der Waals surface area contributed by atoms with Crippen LogP contribution in [0.2, 0.25) is 5.02 Å². The van der Waals surface area contributed by atoms with Gasteiger partial charge in [0.25, 0.3) is 0 Å². The first-order valence-corrected chi connectivity index (χ1v) is 10.2. The molecule has 0 atom stereocenters. The van der Waals surface area contributed by atoms with Gasteiger partial charge in [0.05, 0.1) is 21.8 Å². The molecule has 2 aromatic heterocycles. The van der Waals surface area contributed by atoms with Crippen molar-refractivity contribution in [2.45, 2.75) is 25.9 Å². The number of aryl methyl sites for hydroxylation is 1. The van der Waals surface area contributed by atoms with Crippen LogP contribution in [0.4, 0.5) is 24.7 Å². The van der Waals surface area contributed by atoms with E-state index in [1.807, 2.05) is 36.1 Å². The highest BCUT2D eigenvalue weighted by Gasteiger charge is 2.33. The minimum Gasteiger partial charge on any atom is -0.355 e. The molecular formula is C22H20ClF3N4O. The molecule has 1 aliphatic heterocycles. The zero-order valence-electron chi connectivity index (χ0n) is 16.7. The Balaban J connectivity index is 1.43. The van der Waals surface area contributed by atoms with Gasteiger partial charge in [-0.25, -0.2) is 4.98 Å². The van der Waals surface area contributed by atoms with Crippen LogP contribution in [0.25, 0.3) is 10.9 Å². The number of hydrogen-bond donors (Lipinski definition) is 1. The Bertz CT molecular complexity index is 1130. The molecule has 1 N–H and O–H groups in total. The van der Waals surface area contributed by atoms with Crippen molar-refractivity contribution in [2.75, 3.05) is 23.3 Å². The van der Waals surface area contributed by atoms with Gasteiger partial charge in [0.15, 0.2) is 0 Å². The molecule has 0 spiro atoms. The van der Waals surface area contributed by atoms with Crippen LogP contribution in [0, 0.1) is 12.8 Å². The molecule has 1 saturated heterocycles. The van der Waals surface area contributed by atoms with Gasteiger partial charge in [-0.3, -0.25) is 9.78 Å². The maximum absolute atomic E-state index is 12.8. The van der Waals surface area contributed by atoms with Crippen molar-refractivity contribution >= 4 is 39.9 Å². The summed E-state index contributed by atoms with van der Waals surface area (Å²) in [7, 11) is 0. The third-order valence-electron chi connectivity index (χ3n) is 5.54. The summed E-state index contributed by atoms with van der Waals surface area (Å²) in [6.45, 7) is 2.93.